The number of hydrogen-bond donors (Lipinski definition) is 0. The summed E-state index contributed by atoms with van der Waals surface area (Å²) in [6, 6.07) is 14.3. The van der Waals surface area contributed by atoms with E-state index < -0.39 is 0 Å². The first kappa shape index (κ1) is 15.4. The van der Waals surface area contributed by atoms with E-state index in [-0.39, 0.29) is 4.83 Å². The number of methoxy groups -OCH3 is 2. The van der Waals surface area contributed by atoms with E-state index in [4.69, 9.17) is 9.47 Å². The molecule has 0 N–H and O–H groups in total. The van der Waals surface area contributed by atoms with Crippen molar-refractivity contribution in [1.29, 1.82) is 0 Å². The molecule has 0 aliphatic heterocycles. The molecule has 0 aliphatic carbocycles. The predicted molar refractivity (Wildman–Crippen MR) is 89.1 cm³/mol. The van der Waals surface area contributed by atoms with Gasteiger partial charge in [-0.2, -0.15) is 0 Å². The molecule has 20 heavy (non-hydrogen) atoms. The second kappa shape index (κ2) is 7.14. The van der Waals surface area contributed by atoms with Gasteiger partial charge in [0, 0.05) is 4.83 Å². The lowest BCUT2D eigenvalue weighted by molar-refractivity contribution is 0.412. The maximum Gasteiger partial charge on any atom is 0.133 e. The van der Waals surface area contributed by atoms with Crippen molar-refractivity contribution in [3.05, 3.63) is 58.1 Å². The molecule has 0 radical (unpaired) electrons. The van der Waals surface area contributed by atoms with Gasteiger partial charge in [0.2, 0.25) is 0 Å². The van der Waals surface area contributed by atoms with Crippen LogP contribution in [0.25, 0.3) is 0 Å². The Morgan fingerprint density at radius 3 is 2.25 bits per heavy atom. The van der Waals surface area contributed by atoms with Gasteiger partial charge >= 0.3 is 0 Å². The second-order valence-electron chi connectivity index (χ2n) is 4.41. The van der Waals surface area contributed by atoms with Crippen molar-refractivity contribution in [1.82, 2.24) is 0 Å². The summed E-state index contributed by atoms with van der Waals surface area (Å²) in [7, 11) is 3.35. The van der Waals surface area contributed by atoms with Gasteiger partial charge in [0.1, 0.15) is 11.5 Å². The molecule has 0 bridgehead atoms. The minimum atomic E-state index is 0.262. The zero-order valence-corrected chi connectivity index (χ0v) is 14.6. The molecule has 0 heterocycles. The van der Waals surface area contributed by atoms with Crippen molar-refractivity contribution in [2.24, 2.45) is 0 Å². The third-order valence-electron chi connectivity index (χ3n) is 3.11. The van der Waals surface area contributed by atoms with Crippen LogP contribution in [-0.4, -0.2) is 14.2 Å². The molecule has 0 saturated carbocycles. The Morgan fingerprint density at radius 1 is 1.00 bits per heavy atom. The lowest BCUT2D eigenvalue weighted by atomic mass is 10.0. The van der Waals surface area contributed by atoms with Crippen LogP contribution in [0.2, 0.25) is 0 Å². The van der Waals surface area contributed by atoms with Crippen LogP contribution in [0.5, 0.6) is 11.5 Å². The van der Waals surface area contributed by atoms with E-state index in [0.29, 0.717) is 0 Å². The first-order valence-electron chi connectivity index (χ1n) is 6.24. The standard InChI is InChI=1S/C16H16Br2O2/c1-19-13-6-3-11(4-7-13)9-14(17)12-5-8-16(20-2)15(18)10-12/h3-8,10,14H,9H2,1-2H3. The molecule has 2 nitrogen and oxygen atoms in total. The summed E-state index contributed by atoms with van der Waals surface area (Å²) >= 11 is 7.26. The van der Waals surface area contributed by atoms with E-state index in [9.17, 15) is 0 Å². The molecule has 2 aromatic carbocycles. The van der Waals surface area contributed by atoms with Gasteiger partial charge in [-0.15, -0.1) is 0 Å². The van der Waals surface area contributed by atoms with Crippen LogP contribution in [0.1, 0.15) is 16.0 Å². The first-order valence-corrected chi connectivity index (χ1v) is 7.95. The molecule has 4 heteroatoms. The normalized spacial score (nSPS) is 12.0. The molecule has 0 aromatic heterocycles. The summed E-state index contributed by atoms with van der Waals surface area (Å²) in [6.45, 7) is 0. The van der Waals surface area contributed by atoms with Crippen LogP contribution in [0.3, 0.4) is 0 Å². The number of alkyl halides is 1. The highest BCUT2D eigenvalue weighted by Crippen LogP contribution is 2.33. The maximum absolute atomic E-state index is 5.25. The lowest BCUT2D eigenvalue weighted by Gasteiger charge is -2.13. The van der Waals surface area contributed by atoms with E-state index in [1.54, 1.807) is 14.2 Å². The van der Waals surface area contributed by atoms with Crippen molar-refractivity contribution in [2.45, 2.75) is 11.2 Å². The SMILES string of the molecule is COc1ccc(CC(Br)c2ccc(OC)c(Br)c2)cc1. The van der Waals surface area contributed by atoms with Gasteiger partial charge in [-0.1, -0.05) is 34.1 Å². The smallest absolute Gasteiger partial charge is 0.133 e. The van der Waals surface area contributed by atoms with Crippen LogP contribution in [0.4, 0.5) is 0 Å². The molecular formula is C16H16Br2O2. The van der Waals surface area contributed by atoms with Gasteiger partial charge < -0.3 is 9.47 Å². The van der Waals surface area contributed by atoms with E-state index in [1.165, 1.54) is 11.1 Å². The van der Waals surface area contributed by atoms with E-state index in [1.807, 2.05) is 18.2 Å². The van der Waals surface area contributed by atoms with Crippen LogP contribution >= 0.6 is 31.9 Å². The molecule has 2 rings (SSSR count). The van der Waals surface area contributed by atoms with Gasteiger partial charge in [0.25, 0.3) is 0 Å². The fourth-order valence-corrected chi connectivity index (χ4v) is 3.18. The number of halogens is 2. The van der Waals surface area contributed by atoms with Gasteiger partial charge in [-0.3, -0.25) is 0 Å². The van der Waals surface area contributed by atoms with Crippen molar-refractivity contribution in [2.75, 3.05) is 14.2 Å². The highest BCUT2D eigenvalue weighted by molar-refractivity contribution is 9.10. The number of rotatable bonds is 5. The fourth-order valence-electron chi connectivity index (χ4n) is 1.96. The molecule has 106 valence electrons. The molecule has 2 aromatic rings. The maximum atomic E-state index is 5.25. The summed E-state index contributed by atoms with van der Waals surface area (Å²) in [4.78, 5) is 0.262. The molecule has 0 amide bonds. The van der Waals surface area contributed by atoms with Crippen LogP contribution in [0, 0.1) is 0 Å². The Bertz CT molecular complexity index is 567. The Hall–Kier alpha value is -1.00. The van der Waals surface area contributed by atoms with Gasteiger partial charge in [-0.05, 0) is 57.7 Å². The quantitative estimate of drug-likeness (QED) is 0.647. The average molecular weight is 400 g/mol. The molecule has 0 fully saturated rings. The molecule has 1 unspecified atom stereocenters. The van der Waals surface area contributed by atoms with Crippen molar-refractivity contribution in [3.63, 3.8) is 0 Å². The summed E-state index contributed by atoms with van der Waals surface area (Å²) in [5.41, 5.74) is 2.48. The number of hydrogen-bond acceptors (Lipinski definition) is 2. The Kier molecular flexibility index (Phi) is 5.49. The van der Waals surface area contributed by atoms with Crippen molar-refractivity contribution in [3.8, 4) is 11.5 Å². The second-order valence-corrected chi connectivity index (χ2v) is 6.37. The lowest BCUT2D eigenvalue weighted by Crippen LogP contribution is -1.96. The molecule has 0 aliphatic rings. The minimum absolute atomic E-state index is 0.262. The van der Waals surface area contributed by atoms with E-state index in [0.717, 1.165) is 22.4 Å². The van der Waals surface area contributed by atoms with Crippen LogP contribution in [-0.2, 0) is 6.42 Å². The zero-order valence-electron chi connectivity index (χ0n) is 11.4. The summed E-state index contributed by atoms with van der Waals surface area (Å²) in [5, 5.41) is 0. The Balaban J connectivity index is 2.10. The highest BCUT2D eigenvalue weighted by atomic mass is 79.9. The highest BCUT2D eigenvalue weighted by Gasteiger charge is 2.11. The number of ether oxygens (including phenoxy) is 2. The number of benzene rings is 2. The largest absolute Gasteiger partial charge is 0.497 e. The third-order valence-corrected chi connectivity index (χ3v) is 4.58. The third kappa shape index (κ3) is 3.76. The monoisotopic (exact) mass is 398 g/mol. The summed E-state index contributed by atoms with van der Waals surface area (Å²) in [5.74, 6) is 1.73. The average Bonchev–Trinajstić information content (AvgIpc) is 2.48. The minimum Gasteiger partial charge on any atom is -0.497 e. The van der Waals surface area contributed by atoms with Gasteiger partial charge in [-0.25, -0.2) is 0 Å². The Labute approximate surface area is 136 Å². The summed E-state index contributed by atoms with van der Waals surface area (Å²) < 4.78 is 11.4. The van der Waals surface area contributed by atoms with Crippen LogP contribution < -0.4 is 9.47 Å². The van der Waals surface area contributed by atoms with Gasteiger partial charge in [0.15, 0.2) is 0 Å². The van der Waals surface area contributed by atoms with E-state index >= 15 is 0 Å². The molecular weight excluding hydrogens is 384 g/mol. The topological polar surface area (TPSA) is 18.5 Å². The molecule has 1 atom stereocenters. The molecule has 0 spiro atoms. The fraction of sp³-hybridized carbons (Fsp3) is 0.250. The van der Waals surface area contributed by atoms with Gasteiger partial charge in [0.05, 0.1) is 18.7 Å². The molecule has 0 saturated heterocycles. The van der Waals surface area contributed by atoms with E-state index in [2.05, 4.69) is 56.1 Å². The summed E-state index contributed by atoms with van der Waals surface area (Å²) in [6.07, 6.45) is 0.919. The zero-order chi connectivity index (χ0) is 14.5. The van der Waals surface area contributed by atoms with Crippen molar-refractivity contribution >= 4 is 31.9 Å². The Morgan fingerprint density at radius 2 is 1.70 bits per heavy atom. The first-order chi connectivity index (χ1) is 9.63. The predicted octanol–water partition coefficient (Wildman–Crippen LogP) is 5.15. The van der Waals surface area contributed by atoms with Crippen LogP contribution in [0.15, 0.2) is 46.9 Å². The van der Waals surface area contributed by atoms with Crippen molar-refractivity contribution < 1.29 is 9.47 Å².